The second-order valence-electron chi connectivity index (χ2n) is 4.46. The fourth-order valence-electron chi connectivity index (χ4n) is 1.85. The molecule has 2 rings (SSSR count). The molecule has 0 radical (unpaired) electrons. The van der Waals surface area contributed by atoms with E-state index in [0.717, 1.165) is 6.42 Å². The minimum Gasteiger partial charge on any atom is -0.409 e. The molecule has 1 aromatic rings. The standard InChI is InChI=1S/C12H14FN3O2/c1-6-5-7(6)12(17)15-9-4-2-3-8(13)10(9)11(14)16-18/h2-4,6-7,18H,5H2,1H3,(H2,14,16)(H,15,17). The molecule has 1 saturated carbocycles. The van der Waals surface area contributed by atoms with Crippen LogP contribution in [0.15, 0.2) is 23.4 Å². The lowest BCUT2D eigenvalue weighted by molar-refractivity contribution is -0.117. The molecular formula is C12H14FN3O2. The summed E-state index contributed by atoms with van der Waals surface area (Å²) in [6.07, 6.45) is 0.833. The number of nitrogens with two attached hydrogens (primary N) is 1. The Kier molecular flexibility index (Phi) is 3.18. The first-order valence-electron chi connectivity index (χ1n) is 5.62. The van der Waals surface area contributed by atoms with Gasteiger partial charge in [0.25, 0.3) is 0 Å². The molecule has 0 aliphatic heterocycles. The second-order valence-corrected chi connectivity index (χ2v) is 4.46. The maximum Gasteiger partial charge on any atom is 0.227 e. The van der Waals surface area contributed by atoms with Crippen molar-refractivity contribution in [3.8, 4) is 0 Å². The van der Waals surface area contributed by atoms with Crippen molar-refractivity contribution in [1.29, 1.82) is 0 Å². The van der Waals surface area contributed by atoms with E-state index in [1.165, 1.54) is 18.2 Å². The van der Waals surface area contributed by atoms with Crippen LogP contribution in [0.1, 0.15) is 18.9 Å². The van der Waals surface area contributed by atoms with Gasteiger partial charge in [0, 0.05) is 5.92 Å². The highest BCUT2D eigenvalue weighted by Crippen LogP contribution is 2.38. The lowest BCUT2D eigenvalue weighted by Gasteiger charge is -2.10. The molecule has 0 spiro atoms. The van der Waals surface area contributed by atoms with Gasteiger partial charge in [-0.25, -0.2) is 4.39 Å². The van der Waals surface area contributed by atoms with Gasteiger partial charge in [0.1, 0.15) is 5.82 Å². The number of nitrogens with one attached hydrogen (secondary N) is 1. The molecule has 96 valence electrons. The largest absolute Gasteiger partial charge is 0.409 e. The van der Waals surface area contributed by atoms with Crippen LogP contribution in [0.25, 0.3) is 0 Å². The monoisotopic (exact) mass is 251 g/mol. The number of nitrogens with zero attached hydrogens (tertiary/aromatic N) is 1. The highest BCUT2D eigenvalue weighted by Gasteiger charge is 2.39. The number of oxime groups is 1. The van der Waals surface area contributed by atoms with E-state index in [2.05, 4.69) is 10.5 Å². The summed E-state index contributed by atoms with van der Waals surface area (Å²) >= 11 is 0. The number of amides is 1. The van der Waals surface area contributed by atoms with Crippen molar-refractivity contribution in [1.82, 2.24) is 0 Å². The van der Waals surface area contributed by atoms with Crippen LogP contribution in [0, 0.1) is 17.7 Å². The molecule has 0 saturated heterocycles. The molecular weight excluding hydrogens is 237 g/mol. The molecule has 1 aliphatic carbocycles. The van der Waals surface area contributed by atoms with Crippen molar-refractivity contribution in [3.63, 3.8) is 0 Å². The van der Waals surface area contributed by atoms with E-state index in [1.807, 2.05) is 6.92 Å². The lowest BCUT2D eigenvalue weighted by atomic mass is 10.1. The van der Waals surface area contributed by atoms with Gasteiger partial charge in [0.2, 0.25) is 5.91 Å². The van der Waals surface area contributed by atoms with Gasteiger partial charge in [-0.3, -0.25) is 4.79 Å². The first-order chi connectivity index (χ1) is 8.54. The van der Waals surface area contributed by atoms with Crippen molar-refractivity contribution in [2.75, 3.05) is 5.32 Å². The Morgan fingerprint density at radius 1 is 1.61 bits per heavy atom. The zero-order chi connectivity index (χ0) is 13.3. The van der Waals surface area contributed by atoms with Crippen LogP contribution in [0.2, 0.25) is 0 Å². The Hall–Kier alpha value is -2.11. The molecule has 0 aromatic heterocycles. The summed E-state index contributed by atoms with van der Waals surface area (Å²) in [5, 5.41) is 14.0. The highest BCUT2D eigenvalue weighted by atomic mass is 19.1. The van der Waals surface area contributed by atoms with Gasteiger partial charge < -0.3 is 16.3 Å². The first kappa shape index (κ1) is 12.3. The van der Waals surface area contributed by atoms with Gasteiger partial charge in [-0.1, -0.05) is 18.1 Å². The Morgan fingerprint density at radius 3 is 2.83 bits per heavy atom. The number of halogens is 1. The number of hydrogen-bond acceptors (Lipinski definition) is 3. The molecule has 0 bridgehead atoms. The molecule has 0 heterocycles. The topological polar surface area (TPSA) is 87.7 Å². The smallest absolute Gasteiger partial charge is 0.227 e. The van der Waals surface area contributed by atoms with Crippen LogP contribution in [0.3, 0.4) is 0 Å². The van der Waals surface area contributed by atoms with Crippen LogP contribution in [0.5, 0.6) is 0 Å². The van der Waals surface area contributed by atoms with Gasteiger partial charge in [0.15, 0.2) is 5.84 Å². The van der Waals surface area contributed by atoms with E-state index in [9.17, 15) is 9.18 Å². The molecule has 2 unspecified atom stereocenters. The van der Waals surface area contributed by atoms with E-state index < -0.39 is 5.82 Å². The predicted molar refractivity (Wildman–Crippen MR) is 64.8 cm³/mol. The number of carbonyl (C=O) groups is 1. The van der Waals surface area contributed by atoms with Crippen molar-refractivity contribution in [2.24, 2.45) is 22.7 Å². The molecule has 2 atom stereocenters. The maximum atomic E-state index is 13.6. The number of anilines is 1. The van der Waals surface area contributed by atoms with Crippen LogP contribution in [-0.2, 0) is 4.79 Å². The molecule has 1 aliphatic rings. The number of carbonyl (C=O) groups excluding carboxylic acids is 1. The van der Waals surface area contributed by atoms with Gasteiger partial charge in [0.05, 0.1) is 11.3 Å². The SMILES string of the molecule is CC1CC1C(=O)Nc1cccc(F)c1/C(N)=N/O. The summed E-state index contributed by atoms with van der Waals surface area (Å²) in [5.74, 6) is -0.862. The molecule has 6 heteroatoms. The zero-order valence-corrected chi connectivity index (χ0v) is 9.85. The van der Waals surface area contributed by atoms with Crippen molar-refractivity contribution >= 4 is 17.4 Å². The van der Waals surface area contributed by atoms with Gasteiger partial charge >= 0.3 is 0 Å². The third-order valence-electron chi connectivity index (χ3n) is 3.08. The fourth-order valence-corrected chi connectivity index (χ4v) is 1.85. The fraction of sp³-hybridized carbons (Fsp3) is 0.333. The average Bonchev–Trinajstić information content (AvgIpc) is 3.06. The third kappa shape index (κ3) is 2.27. The van der Waals surface area contributed by atoms with E-state index in [-0.39, 0.29) is 28.9 Å². The molecule has 4 N–H and O–H groups in total. The Balaban J connectivity index is 2.27. The quantitative estimate of drug-likeness (QED) is 0.329. The molecule has 1 aromatic carbocycles. The van der Waals surface area contributed by atoms with E-state index in [4.69, 9.17) is 10.9 Å². The molecule has 1 fully saturated rings. The van der Waals surface area contributed by atoms with E-state index >= 15 is 0 Å². The summed E-state index contributed by atoms with van der Waals surface area (Å²) in [6.45, 7) is 1.97. The van der Waals surface area contributed by atoms with Crippen LogP contribution < -0.4 is 11.1 Å². The van der Waals surface area contributed by atoms with Crippen LogP contribution in [0.4, 0.5) is 10.1 Å². The van der Waals surface area contributed by atoms with Crippen LogP contribution in [-0.4, -0.2) is 17.0 Å². The highest BCUT2D eigenvalue weighted by molar-refractivity contribution is 6.06. The minimum absolute atomic E-state index is 0.0339. The van der Waals surface area contributed by atoms with Crippen molar-refractivity contribution in [3.05, 3.63) is 29.6 Å². The van der Waals surface area contributed by atoms with E-state index in [1.54, 1.807) is 0 Å². The van der Waals surface area contributed by atoms with Gasteiger partial charge in [-0.15, -0.1) is 0 Å². The zero-order valence-electron chi connectivity index (χ0n) is 9.85. The number of rotatable bonds is 3. The van der Waals surface area contributed by atoms with Crippen LogP contribution >= 0.6 is 0 Å². The van der Waals surface area contributed by atoms with Crippen molar-refractivity contribution < 1.29 is 14.4 Å². The lowest BCUT2D eigenvalue weighted by Crippen LogP contribution is -2.21. The molecule has 1 amide bonds. The Morgan fingerprint density at radius 2 is 2.28 bits per heavy atom. The number of amidine groups is 1. The summed E-state index contributed by atoms with van der Waals surface area (Å²) in [5.41, 5.74) is 5.52. The first-order valence-corrected chi connectivity index (χ1v) is 5.62. The average molecular weight is 251 g/mol. The molecule has 5 nitrogen and oxygen atoms in total. The van der Waals surface area contributed by atoms with Gasteiger partial charge in [-0.2, -0.15) is 0 Å². The predicted octanol–water partition coefficient (Wildman–Crippen LogP) is 1.51. The Bertz CT molecular complexity index is 516. The van der Waals surface area contributed by atoms with Crippen molar-refractivity contribution in [2.45, 2.75) is 13.3 Å². The van der Waals surface area contributed by atoms with E-state index in [0.29, 0.717) is 5.92 Å². The minimum atomic E-state index is -0.646. The summed E-state index contributed by atoms with van der Waals surface area (Å²) in [6, 6.07) is 4.15. The summed E-state index contributed by atoms with van der Waals surface area (Å²) < 4.78 is 13.6. The molecule has 18 heavy (non-hydrogen) atoms. The summed E-state index contributed by atoms with van der Waals surface area (Å²) in [7, 11) is 0. The Labute approximate surface area is 103 Å². The number of benzene rings is 1. The summed E-state index contributed by atoms with van der Waals surface area (Å²) in [4.78, 5) is 11.8. The van der Waals surface area contributed by atoms with Gasteiger partial charge in [-0.05, 0) is 24.5 Å². The normalized spacial score (nSPS) is 22.7. The number of hydrogen-bond donors (Lipinski definition) is 3. The maximum absolute atomic E-state index is 13.6. The second kappa shape index (κ2) is 4.64. The third-order valence-corrected chi connectivity index (χ3v) is 3.08.